The Morgan fingerprint density at radius 2 is 1.56 bits per heavy atom. The second-order valence-corrected chi connectivity index (χ2v) is 6.53. The molecule has 1 amide bonds. The van der Waals surface area contributed by atoms with Crippen LogP contribution in [0.3, 0.4) is 0 Å². The minimum atomic E-state index is 0. The summed E-state index contributed by atoms with van der Waals surface area (Å²) in [6.07, 6.45) is 3.19. The number of piperidine rings is 1. The molecule has 0 radical (unpaired) electrons. The van der Waals surface area contributed by atoms with Crippen LogP contribution in [0.4, 0.5) is 5.69 Å². The molecule has 1 aliphatic rings. The first-order valence-corrected chi connectivity index (χ1v) is 8.85. The van der Waals surface area contributed by atoms with Crippen LogP contribution in [-0.4, -0.2) is 36.5 Å². The zero-order valence-corrected chi connectivity index (χ0v) is 15.6. The molecule has 134 valence electrons. The van der Waals surface area contributed by atoms with E-state index >= 15 is 0 Å². The second kappa shape index (κ2) is 9.59. The molecule has 1 heterocycles. The Morgan fingerprint density at radius 3 is 2.12 bits per heavy atom. The molecule has 3 nitrogen and oxygen atoms in total. The van der Waals surface area contributed by atoms with Gasteiger partial charge in [0, 0.05) is 38.3 Å². The van der Waals surface area contributed by atoms with E-state index in [-0.39, 0.29) is 18.3 Å². The molecular weight excluding hydrogens is 338 g/mol. The second-order valence-electron chi connectivity index (χ2n) is 6.53. The Bertz CT molecular complexity index is 639. The van der Waals surface area contributed by atoms with Crippen LogP contribution in [-0.2, 0) is 11.2 Å². The van der Waals surface area contributed by atoms with Crippen LogP contribution in [0.5, 0.6) is 0 Å². The summed E-state index contributed by atoms with van der Waals surface area (Å²) in [5.41, 5.74) is 2.42. The number of benzene rings is 2. The van der Waals surface area contributed by atoms with E-state index in [0.29, 0.717) is 6.04 Å². The summed E-state index contributed by atoms with van der Waals surface area (Å²) in [5.74, 6) is 0.143. The van der Waals surface area contributed by atoms with Gasteiger partial charge in [0.15, 0.2) is 0 Å². The van der Waals surface area contributed by atoms with E-state index in [2.05, 4.69) is 35.2 Å². The number of carbonyl (C=O) groups excluding carboxylic acids is 1. The third-order valence-corrected chi connectivity index (χ3v) is 4.86. The summed E-state index contributed by atoms with van der Waals surface area (Å²) >= 11 is 0. The Hall–Kier alpha value is -1.84. The summed E-state index contributed by atoms with van der Waals surface area (Å²) in [6.45, 7) is 4.90. The molecule has 25 heavy (non-hydrogen) atoms. The van der Waals surface area contributed by atoms with Gasteiger partial charge in [-0.2, -0.15) is 0 Å². The van der Waals surface area contributed by atoms with Crippen molar-refractivity contribution in [1.29, 1.82) is 0 Å². The smallest absolute Gasteiger partial charge is 0.224 e. The fourth-order valence-corrected chi connectivity index (χ4v) is 3.57. The lowest BCUT2D eigenvalue weighted by molar-refractivity contribution is -0.117. The number of hydrogen-bond acceptors (Lipinski definition) is 2. The van der Waals surface area contributed by atoms with Crippen LogP contribution in [0.25, 0.3) is 0 Å². The Balaban J connectivity index is 0.00000225. The van der Waals surface area contributed by atoms with Crippen molar-refractivity contribution < 1.29 is 4.79 Å². The molecule has 1 saturated heterocycles. The number of nitrogens with zero attached hydrogens (tertiary/aromatic N) is 2. The van der Waals surface area contributed by atoms with Crippen LogP contribution in [0.2, 0.25) is 0 Å². The first-order chi connectivity index (χ1) is 11.7. The quantitative estimate of drug-likeness (QED) is 0.795. The molecular formula is C21H27ClN2O. The molecule has 0 bridgehead atoms. The summed E-state index contributed by atoms with van der Waals surface area (Å²) in [4.78, 5) is 16.6. The lowest BCUT2D eigenvalue weighted by Crippen LogP contribution is -2.47. The highest BCUT2D eigenvalue weighted by atomic mass is 35.5. The number of halogens is 1. The Morgan fingerprint density at radius 1 is 1.00 bits per heavy atom. The predicted molar refractivity (Wildman–Crippen MR) is 106 cm³/mol. The first kappa shape index (κ1) is 19.5. The van der Waals surface area contributed by atoms with Crippen molar-refractivity contribution in [3.63, 3.8) is 0 Å². The average molecular weight is 365 g/mol. The normalized spacial score (nSPS) is 15.4. The zero-order valence-electron chi connectivity index (χ0n) is 14.8. The van der Waals surface area contributed by atoms with Crippen LogP contribution in [0.15, 0.2) is 60.7 Å². The summed E-state index contributed by atoms with van der Waals surface area (Å²) in [5, 5.41) is 0. The average Bonchev–Trinajstić information content (AvgIpc) is 2.63. The zero-order chi connectivity index (χ0) is 16.8. The van der Waals surface area contributed by atoms with Gasteiger partial charge < -0.3 is 9.80 Å². The van der Waals surface area contributed by atoms with Crippen molar-refractivity contribution >= 4 is 24.0 Å². The highest BCUT2D eigenvalue weighted by molar-refractivity contribution is 5.92. The van der Waals surface area contributed by atoms with Crippen LogP contribution in [0.1, 0.15) is 25.3 Å². The van der Waals surface area contributed by atoms with E-state index in [4.69, 9.17) is 0 Å². The molecule has 0 atom stereocenters. The van der Waals surface area contributed by atoms with Gasteiger partial charge in [0.05, 0.1) is 0 Å². The minimum Gasteiger partial charge on any atom is -0.310 e. The van der Waals surface area contributed by atoms with Gasteiger partial charge in [-0.1, -0.05) is 48.5 Å². The molecule has 2 aromatic rings. The monoisotopic (exact) mass is 364 g/mol. The fourth-order valence-electron chi connectivity index (χ4n) is 3.57. The summed E-state index contributed by atoms with van der Waals surface area (Å²) in [7, 11) is 0. The molecule has 0 aromatic heterocycles. The lowest BCUT2D eigenvalue weighted by atomic mass is 10.0. The number of hydrogen-bond donors (Lipinski definition) is 0. The number of amides is 1. The van der Waals surface area contributed by atoms with Gasteiger partial charge in [-0.05, 0) is 37.0 Å². The van der Waals surface area contributed by atoms with Crippen molar-refractivity contribution in [2.45, 2.75) is 32.2 Å². The van der Waals surface area contributed by atoms with Crippen LogP contribution < -0.4 is 4.90 Å². The van der Waals surface area contributed by atoms with E-state index in [1.165, 1.54) is 5.56 Å². The van der Waals surface area contributed by atoms with Gasteiger partial charge in [-0.15, -0.1) is 12.4 Å². The van der Waals surface area contributed by atoms with E-state index in [1.54, 1.807) is 6.92 Å². The minimum absolute atomic E-state index is 0. The summed E-state index contributed by atoms with van der Waals surface area (Å²) in [6, 6.07) is 21.0. The molecule has 0 saturated carbocycles. The number of rotatable bonds is 5. The molecule has 3 rings (SSSR count). The third-order valence-electron chi connectivity index (χ3n) is 4.86. The van der Waals surface area contributed by atoms with Crippen molar-refractivity contribution in [1.82, 2.24) is 4.90 Å². The van der Waals surface area contributed by atoms with Crippen molar-refractivity contribution in [2.24, 2.45) is 0 Å². The number of para-hydroxylation sites is 1. The van der Waals surface area contributed by atoms with Gasteiger partial charge in [-0.25, -0.2) is 0 Å². The topological polar surface area (TPSA) is 23.6 Å². The molecule has 0 aliphatic carbocycles. The van der Waals surface area contributed by atoms with E-state index in [9.17, 15) is 4.79 Å². The molecule has 0 N–H and O–H groups in total. The number of likely N-dealkylation sites (tertiary alicyclic amines) is 1. The molecule has 0 unspecified atom stereocenters. The van der Waals surface area contributed by atoms with Gasteiger partial charge in [0.1, 0.15) is 0 Å². The standard InChI is InChI=1S/C21H26N2O.ClH/c1-18(24)23(20-10-6-3-7-11-20)21-13-16-22(17-14-21)15-12-19-8-4-2-5-9-19;/h2-11,21H,12-17H2,1H3;1H/i3+1,6+1,7+1,10+1,11+1,20+1;. The lowest BCUT2D eigenvalue weighted by Gasteiger charge is -2.38. The SMILES string of the molecule is CC(=O)N(C1CCN(CCc2ccccc2)CC1)[13c]1[13cH][13cH][13cH][13cH][13cH]1.Cl. The summed E-state index contributed by atoms with van der Waals surface area (Å²) < 4.78 is 0. The molecule has 1 aliphatic heterocycles. The Kier molecular flexibility index (Phi) is 7.48. The first-order valence-electron chi connectivity index (χ1n) is 8.85. The van der Waals surface area contributed by atoms with Gasteiger partial charge >= 0.3 is 0 Å². The molecule has 4 heteroatoms. The van der Waals surface area contributed by atoms with Crippen molar-refractivity contribution in [3.05, 3.63) is 66.2 Å². The van der Waals surface area contributed by atoms with Gasteiger partial charge in [0.2, 0.25) is 5.91 Å². The Labute approximate surface area is 157 Å². The maximum Gasteiger partial charge on any atom is 0.224 e. The molecule has 2 aromatic carbocycles. The fraction of sp³-hybridized carbons (Fsp3) is 0.381. The predicted octanol–water partition coefficient (Wildman–Crippen LogP) is 4.17. The highest BCUT2D eigenvalue weighted by Crippen LogP contribution is 2.24. The van der Waals surface area contributed by atoms with Crippen molar-refractivity contribution in [2.75, 3.05) is 24.5 Å². The van der Waals surface area contributed by atoms with E-state index < -0.39 is 0 Å². The number of carbonyl (C=O) groups is 1. The molecule has 0 spiro atoms. The van der Waals surface area contributed by atoms with Gasteiger partial charge in [0.25, 0.3) is 0 Å². The number of anilines is 1. The van der Waals surface area contributed by atoms with Crippen LogP contribution >= 0.6 is 12.4 Å². The van der Waals surface area contributed by atoms with E-state index in [1.807, 2.05) is 35.2 Å². The maximum atomic E-state index is 12.1. The largest absolute Gasteiger partial charge is 0.310 e. The highest BCUT2D eigenvalue weighted by Gasteiger charge is 2.27. The van der Waals surface area contributed by atoms with Gasteiger partial charge in [-0.3, -0.25) is 4.79 Å². The van der Waals surface area contributed by atoms with Crippen molar-refractivity contribution in [3.8, 4) is 0 Å². The third kappa shape index (κ3) is 5.32. The molecule has 1 fully saturated rings. The maximum absolute atomic E-state index is 12.1. The van der Waals surface area contributed by atoms with Crippen LogP contribution in [0, 0.1) is 0 Å². The van der Waals surface area contributed by atoms with E-state index in [0.717, 1.165) is 44.6 Å².